The maximum Gasteiger partial charge on any atom is 0.412 e. The Bertz CT molecular complexity index is 800. The zero-order chi connectivity index (χ0) is 19.5. The summed E-state index contributed by atoms with van der Waals surface area (Å²) in [5.74, 6) is -0.317. The molecule has 2 amide bonds. The van der Waals surface area contributed by atoms with E-state index in [2.05, 4.69) is 30.8 Å². The van der Waals surface area contributed by atoms with E-state index in [-0.39, 0.29) is 17.5 Å². The normalized spacial score (nSPS) is 30.0. The molecule has 3 aliphatic rings. The maximum absolute atomic E-state index is 12.5. The van der Waals surface area contributed by atoms with Gasteiger partial charge < -0.3 is 10.0 Å². The van der Waals surface area contributed by atoms with Crippen LogP contribution in [0.3, 0.4) is 0 Å². The van der Waals surface area contributed by atoms with Crippen LogP contribution in [0.15, 0.2) is 18.2 Å². The van der Waals surface area contributed by atoms with Gasteiger partial charge in [0.25, 0.3) is 5.91 Å². The number of hydrogen-bond acceptors (Lipinski definition) is 5. The van der Waals surface area contributed by atoms with Crippen LogP contribution in [0.1, 0.15) is 25.3 Å². The Morgan fingerprint density at radius 1 is 1.33 bits per heavy atom. The highest BCUT2D eigenvalue weighted by atomic mass is 16.7. The van der Waals surface area contributed by atoms with Crippen molar-refractivity contribution in [3.05, 3.63) is 23.8 Å². The zero-order valence-electron chi connectivity index (χ0n) is 16.2. The van der Waals surface area contributed by atoms with Gasteiger partial charge in [-0.05, 0) is 43.7 Å². The van der Waals surface area contributed by atoms with E-state index in [0.29, 0.717) is 18.7 Å². The molecule has 1 aromatic rings. The minimum absolute atomic E-state index is 0.0583. The van der Waals surface area contributed by atoms with Gasteiger partial charge in [-0.2, -0.15) is 0 Å². The van der Waals surface area contributed by atoms with Gasteiger partial charge in [-0.3, -0.25) is 19.4 Å². The van der Waals surface area contributed by atoms with Crippen molar-refractivity contribution in [3.63, 3.8) is 0 Å². The smallest absolute Gasteiger partial charge is 0.412 e. The first-order valence-corrected chi connectivity index (χ1v) is 9.25. The average Bonchev–Trinajstić information content (AvgIpc) is 3.21. The fraction of sp³-hybridized carbons (Fsp3) is 0.579. The summed E-state index contributed by atoms with van der Waals surface area (Å²) >= 11 is 0. The molecule has 0 saturated carbocycles. The largest absolute Gasteiger partial charge is 0.465 e. The standard InChI is InChI=1S/C19H26N4O4/c1-19-8-10-20(2)17(19)21(3)14-6-5-12(11-13(14)19)23(18(25)26)15-7-9-22(27-4)16(15)24/h5-6,11,15,17H,7-10H2,1-4H3,(H,25,26)/t15-,17+,19-/m0/s1. The SMILES string of the molecule is CON1CC[C@H](N(C(=O)O)c2ccc3c(c2)[C@]2(C)CCN(C)[C@@H]2N3C)C1=O. The number of hydroxylamine groups is 2. The van der Waals surface area contributed by atoms with Crippen molar-refractivity contribution in [1.29, 1.82) is 0 Å². The number of anilines is 2. The van der Waals surface area contributed by atoms with Gasteiger partial charge in [0.15, 0.2) is 0 Å². The summed E-state index contributed by atoms with van der Waals surface area (Å²) in [4.78, 5) is 35.4. The van der Waals surface area contributed by atoms with Gasteiger partial charge in [0, 0.05) is 30.4 Å². The summed E-state index contributed by atoms with van der Waals surface area (Å²) in [5.41, 5.74) is 2.76. The lowest BCUT2D eigenvalue weighted by molar-refractivity contribution is -0.167. The zero-order valence-corrected chi connectivity index (χ0v) is 16.2. The summed E-state index contributed by atoms with van der Waals surface area (Å²) in [6, 6.07) is 4.98. The molecule has 0 aliphatic carbocycles. The van der Waals surface area contributed by atoms with E-state index in [9.17, 15) is 14.7 Å². The number of likely N-dealkylation sites (N-methyl/N-ethyl adjacent to an activating group) is 2. The summed E-state index contributed by atoms with van der Waals surface area (Å²) in [7, 11) is 5.63. The van der Waals surface area contributed by atoms with Crippen molar-refractivity contribution in [3.8, 4) is 0 Å². The van der Waals surface area contributed by atoms with E-state index in [1.165, 1.54) is 17.1 Å². The fourth-order valence-electron chi connectivity index (χ4n) is 5.20. The highest BCUT2D eigenvalue weighted by Crippen LogP contribution is 2.51. The first-order chi connectivity index (χ1) is 12.8. The molecule has 0 radical (unpaired) electrons. The molecule has 3 heterocycles. The van der Waals surface area contributed by atoms with Crippen LogP contribution >= 0.6 is 0 Å². The number of carbonyl (C=O) groups is 2. The molecule has 1 aromatic carbocycles. The van der Waals surface area contributed by atoms with Crippen LogP contribution < -0.4 is 9.80 Å². The van der Waals surface area contributed by atoms with Crippen molar-refractivity contribution in [2.24, 2.45) is 0 Å². The lowest BCUT2D eigenvalue weighted by atomic mass is 9.81. The Kier molecular flexibility index (Phi) is 4.08. The quantitative estimate of drug-likeness (QED) is 0.868. The predicted molar refractivity (Wildman–Crippen MR) is 101 cm³/mol. The van der Waals surface area contributed by atoms with Gasteiger partial charge in [-0.25, -0.2) is 9.86 Å². The number of benzene rings is 1. The summed E-state index contributed by atoms with van der Waals surface area (Å²) in [5, 5.41) is 11.1. The molecule has 8 heteroatoms. The molecule has 0 aromatic heterocycles. The second-order valence-corrected chi connectivity index (χ2v) is 7.91. The van der Waals surface area contributed by atoms with Gasteiger partial charge in [-0.15, -0.1) is 0 Å². The lowest BCUT2D eigenvalue weighted by Crippen LogP contribution is -2.45. The minimum atomic E-state index is -1.12. The number of nitrogens with zero attached hydrogens (tertiary/aromatic N) is 4. The summed E-state index contributed by atoms with van der Waals surface area (Å²) in [6.45, 7) is 3.63. The molecular formula is C19H26N4O4. The molecule has 0 bridgehead atoms. The van der Waals surface area contributed by atoms with E-state index in [0.717, 1.165) is 24.2 Å². The number of fused-ring (bicyclic) bond motifs is 3. The van der Waals surface area contributed by atoms with Gasteiger partial charge in [0.2, 0.25) is 0 Å². The van der Waals surface area contributed by atoms with Gasteiger partial charge in [-0.1, -0.05) is 6.92 Å². The van der Waals surface area contributed by atoms with Crippen LogP contribution in [0.2, 0.25) is 0 Å². The van der Waals surface area contributed by atoms with E-state index >= 15 is 0 Å². The van der Waals surface area contributed by atoms with Crippen molar-refractivity contribution in [2.75, 3.05) is 44.1 Å². The third-order valence-corrected chi connectivity index (χ3v) is 6.47. The summed E-state index contributed by atoms with van der Waals surface area (Å²) in [6.07, 6.45) is 0.571. The monoisotopic (exact) mass is 374 g/mol. The molecule has 4 rings (SSSR count). The Labute approximate surface area is 158 Å². The average molecular weight is 374 g/mol. The van der Waals surface area contributed by atoms with E-state index in [1.54, 1.807) is 6.07 Å². The fourth-order valence-corrected chi connectivity index (χ4v) is 5.20. The highest BCUT2D eigenvalue weighted by molar-refractivity contribution is 5.97. The molecule has 0 spiro atoms. The number of hydrogen-bond donors (Lipinski definition) is 1. The molecule has 3 aliphatic heterocycles. The number of amides is 2. The number of carboxylic acid groups (broad SMARTS) is 1. The second kappa shape index (κ2) is 6.10. The first kappa shape index (κ1) is 18.1. The Morgan fingerprint density at radius 2 is 2.07 bits per heavy atom. The van der Waals surface area contributed by atoms with Crippen LogP contribution in [0, 0.1) is 0 Å². The molecule has 2 fully saturated rings. The third kappa shape index (κ3) is 2.43. The first-order valence-electron chi connectivity index (χ1n) is 9.25. The molecule has 27 heavy (non-hydrogen) atoms. The van der Waals surface area contributed by atoms with Crippen LogP contribution in [-0.2, 0) is 15.0 Å². The molecule has 8 nitrogen and oxygen atoms in total. The number of likely N-dealkylation sites (tertiary alicyclic amines) is 1. The van der Waals surface area contributed by atoms with E-state index in [4.69, 9.17) is 4.84 Å². The van der Waals surface area contributed by atoms with Gasteiger partial charge in [0.05, 0.1) is 19.8 Å². The second-order valence-electron chi connectivity index (χ2n) is 7.91. The van der Waals surface area contributed by atoms with Crippen molar-refractivity contribution in [1.82, 2.24) is 9.96 Å². The van der Waals surface area contributed by atoms with E-state index in [1.807, 2.05) is 12.1 Å². The maximum atomic E-state index is 12.5. The molecule has 2 saturated heterocycles. The molecule has 3 atom stereocenters. The van der Waals surface area contributed by atoms with Crippen molar-refractivity contribution in [2.45, 2.75) is 37.4 Å². The minimum Gasteiger partial charge on any atom is -0.465 e. The van der Waals surface area contributed by atoms with Gasteiger partial charge in [0.1, 0.15) is 6.04 Å². The molecule has 0 unspecified atom stereocenters. The summed E-state index contributed by atoms with van der Waals surface area (Å²) < 4.78 is 0. The Morgan fingerprint density at radius 3 is 2.70 bits per heavy atom. The van der Waals surface area contributed by atoms with Crippen molar-refractivity contribution < 1.29 is 19.5 Å². The van der Waals surface area contributed by atoms with Gasteiger partial charge >= 0.3 is 6.09 Å². The van der Waals surface area contributed by atoms with Crippen LogP contribution in [0.5, 0.6) is 0 Å². The number of rotatable bonds is 3. The van der Waals surface area contributed by atoms with Crippen LogP contribution in [0.4, 0.5) is 16.2 Å². The predicted octanol–water partition coefficient (Wildman–Crippen LogP) is 1.70. The highest BCUT2D eigenvalue weighted by Gasteiger charge is 2.52. The topological polar surface area (TPSA) is 76.6 Å². The number of carbonyl (C=O) groups excluding carboxylic acids is 1. The van der Waals surface area contributed by atoms with Crippen LogP contribution in [0.25, 0.3) is 0 Å². The molecule has 146 valence electrons. The third-order valence-electron chi connectivity index (χ3n) is 6.47. The van der Waals surface area contributed by atoms with E-state index < -0.39 is 12.1 Å². The Balaban J connectivity index is 1.74. The molecule has 1 N–H and O–H groups in total. The lowest BCUT2D eigenvalue weighted by Gasteiger charge is -2.32. The Hall–Kier alpha value is -2.32. The molecular weight excluding hydrogens is 348 g/mol. The van der Waals surface area contributed by atoms with Crippen molar-refractivity contribution >= 4 is 23.4 Å². The van der Waals surface area contributed by atoms with Crippen LogP contribution in [-0.4, -0.2) is 73.6 Å².